The summed E-state index contributed by atoms with van der Waals surface area (Å²) in [7, 11) is 1.53. The number of nitrogens with zero attached hydrogens (tertiary/aromatic N) is 3. The van der Waals surface area contributed by atoms with E-state index in [-0.39, 0.29) is 61.5 Å². The van der Waals surface area contributed by atoms with E-state index in [1.54, 1.807) is 48.8 Å². The molecule has 0 saturated carbocycles. The number of hydrogen-bond donors (Lipinski definition) is 2. The van der Waals surface area contributed by atoms with Gasteiger partial charge in [-0.2, -0.15) is 0 Å². The van der Waals surface area contributed by atoms with Crippen molar-refractivity contribution in [1.82, 2.24) is 9.80 Å². The SMILES string of the molecule is COc1cc2c(cc1OCCCOc1cc3c(cc1OC)C(=O)N1C=C(c4ccc5c(c4)OCO5)C[C@H]1C(=O)N3COCC[Si](C)(C)C)NC(=O)[C@@H]1CC(c3ccc(N)cc3)=CN1C2=O. The monoisotopic (exact) mass is 901 g/mol. The summed E-state index contributed by atoms with van der Waals surface area (Å²) in [5, 5.41) is 2.92. The molecule has 0 bridgehead atoms. The summed E-state index contributed by atoms with van der Waals surface area (Å²) in [6.45, 7) is 7.67. The number of fused-ring (bicyclic) bond motifs is 5. The lowest BCUT2D eigenvalue weighted by molar-refractivity contribution is -0.123. The fraction of sp³-hybridized carbons (Fsp3) is 0.333. The number of anilines is 3. The fourth-order valence-corrected chi connectivity index (χ4v) is 9.21. The van der Waals surface area contributed by atoms with Gasteiger partial charge in [-0.15, -0.1) is 0 Å². The lowest BCUT2D eigenvalue weighted by atomic mass is 10.0. The number of carbonyl (C=O) groups is 4. The van der Waals surface area contributed by atoms with Crippen LogP contribution >= 0.6 is 0 Å². The van der Waals surface area contributed by atoms with E-state index in [0.717, 1.165) is 28.3 Å². The number of hydrogen-bond acceptors (Lipinski definition) is 12. The minimum absolute atomic E-state index is 0.0540. The number of nitrogens with one attached hydrogen (secondary N) is 1. The van der Waals surface area contributed by atoms with Crippen LogP contribution in [0.25, 0.3) is 11.1 Å². The van der Waals surface area contributed by atoms with Gasteiger partial charge in [-0.25, -0.2) is 0 Å². The quantitative estimate of drug-likeness (QED) is 0.0711. The van der Waals surface area contributed by atoms with Crippen LogP contribution in [-0.2, 0) is 14.3 Å². The minimum atomic E-state index is -1.44. The zero-order valence-electron chi connectivity index (χ0n) is 36.9. The Bertz CT molecular complexity index is 2640. The number of ether oxygens (including phenoxy) is 7. The van der Waals surface area contributed by atoms with Crippen LogP contribution in [0.1, 0.15) is 51.1 Å². The number of rotatable bonds is 15. The Morgan fingerprint density at radius 2 is 1.32 bits per heavy atom. The van der Waals surface area contributed by atoms with Gasteiger partial charge in [-0.3, -0.25) is 24.1 Å². The van der Waals surface area contributed by atoms with E-state index in [1.807, 2.05) is 30.3 Å². The molecule has 2 atom stereocenters. The van der Waals surface area contributed by atoms with Crippen LogP contribution < -0.4 is 44.4 Å². The van der Waals surface area contributed by atoms with Crippen LogP contribution in [0.4, 0.5) is 17.1 Å². The van der Waals surface area contributed by atoms with Crippen molar-refractivity contribution in [2.24, 2.45) is 0 Å². The molecule has 4 aromatic carbocycles. The summed E-state index contributed by atoms with van der Waals surface area (Å²) >= 11 is 0. The van der Waals surface area contributed by atoms with Gasteiger partial charge in [-0.1, -0.05) is 37.8 Å². The molecule has 0 saturated heterocycles. The topological polar surface area (TPSA) is 181 Å². The highest BCUT2D eigenvalue weighted by Gasteiger charge is 2.44. The van der Waals surface area contributed by atoms with Crippen molar-refractivity contribution in [3.8, 4) is 34.5 Å². The molecule has 16 nitrogen and oxygen atoms in total. The van der Waals surface area contributed by atoms with Crippen molar-refractivity contribution >= 4 is 59.9 Å². The van der Waals surface area contributed by atoms with E-state index in [9.17, 15) is 19.2 Å². The van der Waals surface area contributed by atoms with Crippen molar-refractivity contribution in [3.63, 3.8) is 0 Å². The Balaban J connectivity index is 0.907. The maximum absolute atomic E-state index is 14.5. The summed E-state index contributed by atoms with van der Waals surface area (Å²) in [6.07, 6.45) is 4.50. The average molecular weight is 902 g/mol. The lowest BCUT2D eigenvalue weighted by Crippen LogP contribution is -2.45. The molecule has 0 aliphatic carbocycles. The maximum Gasteiger partial charge on any atom is 0.260 e. The van der Waals surface area contributed by atoms with Gasteiger partial charge in [0.15, 0.2) is 34.5 Å². The summed E-state index contributed by atoms with van der Waals surface area (Å²) < 4.78 is 41.0. The van der Waals surface area contributed by atoms with Crippen LogP contribution in [0.2, 0.25) is 25.7 Å². The van der Waals surface area contributed by atoms with Gasteiger partial charge in [0.1, 0.15) is 18.8 Å². The van der Waals surface area contributed by atoms with Gasteiger partial charge < -0.3 is 54.0 Å². The van der Waals surface area contributed by atoms with E-state index < -0.39 is 20.2 Å². The van der Waals surface area contributed by atoms with Crippen molar-refractivity contribution < 1.29 is 52.3 Å². The van der Waals surface area contributed by atoms with E-state index >= 15 is 0 Å². The molecule has 3 N–H and O–H groups in total. The molecule has 338 valence electrons. The smallest absolute Gasteiger partial charge is 0.260 e. The zero-order valence-corrected chi connectivity index (χ0v) is 37.9. The van der Waals surface area contributed by atoms with Gasteiger partial charge in [0, 0.05) is 64.2 Å². The number of nitrogens with two attached hydrogens (primary N) is 1. The Kier molecular flexibility index (Phi) is 11.7. The van der Waals surface area contributed by atoms with Gasteiger partial charge in [0.05, 0.1) is 49.9 Å². The first-order valence-corrected chi connectivity index (χ1v) is 25.2. The Hall–Kier alpha value is -6.98. The molecule has 0 radical (unpaired) electrons. The molecule has 5 aliphatic heterocycles. The maximum atomic E-state index is 14.5. The molecule has 65 heavy (non-hydrogen) atoms. The van der Waals surface area contributed by atoms with Crippen molar-refractivity contribution in [2.75, 3.05) is 63.5 Å². The number of carbonyl (C=O) groups excluding carboxylic acids is 4. The molecule has 0 spiro atoms. The lowest BCUT2D eigenvalue weighted by Gasteiger charge is -2.26. The highest BCUT2D eigenvalue weighted by atomic mass is 28.3. The zero-order chi connectivity index (χ0) is 45.6. The van der Waals surface area contributed by atoms with Crippen molar-refractivity contribution in [2.45, 2.75) is 57.0 Å². The molecule has 4 amide bonds. The molecule has 0 aromatic heterocycles. The third kappa shape index (κ3) is 8.56. The van der Waals surface area contributed by atoms with Crippen LogP contribution in [0.15, 0.2) is 79.1 Å². The largest absolute Gasteiger partial charge is 0.493 e. The fourth-order valence-electron chi connectivity index (χ4n) is 8.45. The van der Waals surface area contributed by atoms with Crippen LogP contribution in [-0.4, -0.2) is 101 Å². The number of methoxy groups -OCH3 is 2. The van der Waals surface area contributed by atoms with E-state index in [1.165, 1.54) is 28.9 Å². The first-order valence-electron chi connectivity index (χ1n) is 21.5. The first kappa shape index (κ1) is 43.3. The standard InChI is InChI=1S/C48H51N5O11Si/c1-58-40-20-33-35(50-45(54)37-17-30(24-51(37)46(33)55)28-7-10-32(49)11-8-28)22-43(40)61-13-6-14-62-44-23-36-34(21-41(44)59-2)47(56)52-25-31(29-9-12-39-42(19-29)64-27-63-39)18-38(52)48(57)53(36)26-60-15-16-65(3,4)5/h7-12,19-25,37-38H,6,13-18,26-27,49H2,1-5H3,(H,50,54)/t37-,38-/m0/s1. The molecule has 5 heterocycles. The molecule has 4 aromatic rings. The molecule has 0 unspecified atom stereocenters. The Morgan fingerprint density at radius 3 is 2.03 bits per heavy atom. The molecule has 5 aliphatic rings. The summed E-state index contributed by atoms with van der Waals surface area (Å²) in [6, 6.07) is 18.7. The van der Waals surface area contributed by atoms with Crippen LogP contribution in [0.3, 0.4) is 0 Å². The Labute approximate surface area is 377 Å². The second-order valence-corrected chi connectivity index (χ2v) is 23.2. The van der Waals surface area contributed by atoms with Gasteiger partial charge in [-0.05, 0) is 64.7 Å². The number of amides is 4. The molecule has 17 heteroatoms. The van der Waals surface area contributed by atoms with Gasteiger partial charge in [0.2, 0.25) is 12.7 Å². The highest BCUT2D eigenvalue weighted by molar-refractivity contribution is 6.76. The summed E-state index contributed by atoms with van der Waals surface area (Å²) in [5.74, 6) is 1.25. The number of nitrogen functional groups attached to an aromatic ring is 1. The van der Waals surface area contributed by atoms with E-state index in [0.29, 0.717) is 77.4 Å². The Morgan fingerprint density at radius 1 is 0.708 bits per heavy atom. The first-order chi connectivity index (χ1) is 31.3. The average Bonchev–Trinajstić information content (AvgIpc) is 4.05. The van der Waals surface area contributed by atoms with Crippen molar-refractivity contribution in [3.05, 3.63) is 101 Å². The third-order valence-corrected chi connectivity index (χ3v) is 13.8. The summed E-state index contributed by atoms with van der Waals surface area (Å²) in [4.78, 5) is 60.8. The summed E-state index contributed by atoms with van der Waals surface area (Å²) in [5.41, 5.74) is 11.1. The normalized spacial score (nSPS) is 18.5. The van der Waals surface area contributed by atoms with Crippen LogP contribution in [0, 0.1) is 0 Å². The second kappa shape index (κ2) is 17.5. The van der Waals surface area contributed by atoms with Gasteiger partial charge >= 0.3 is 0 Å². The van der Waals surface area contributed by atoms with Crippen molar-refractivity contribution in [1.29, 1.82) is 0 Å². The predicted octanol–water partition coefficient (Wildman–Crippen LogP) is 6.98. The number of benzene rings is 4. The second-order valence-electron chi connectivity index (χ2n) is 17.6. The molecule has 9 rings (SSSR count). The predicted molar refractivity (Wildman–Crippen MR) is 245 cm³/mol. The highest BCUT2D eigenvalue weighted by Crippen LogP contribution is 2.44. The third-order valence-electron chi connectivity index (χ3n) is 12.1. The molecule has 0 fully saturated rings. The van der Waals surface area contributed by atoms with Gasteiger partial charge in [0.25, 0.3) is 17.7 Å². The molecular formula is C48H51N5O11Si. The molecular weight excluding hydrogens is 851 g/mol. The van der Waals surface area contributed by atoms with E-state index in [4.69, 9.17) is 38.9 Å². The van der Waals surface area contributed by atoms with E-state index in [2.05, 4.69) is 25.0 Å². The minimum Gasteiger partial charge on any atom is -0.493 e. The van der Waals surface area contributed by atoms with Crippen LogP contribution in [0.5, 0.6) is 34.5 Å².